The van der Waals surface area contributed by atoms with E-state index < -0.39 is 5.97 Å². The minimum absolute atomic E-state index is 0.0349. The maximum Gasteiger partial charge on any atom is 0.307 e. The molecule has 8 nitrogen and oxygen atoms in total. The summed E-state index contributed by atoms with van der Waals surface area (Å²) in [6, 6.07) is 20.5. The lowest BCUT2D eigenvalue weighted by Gasteiger charge is -2.35. The summed E-state index contributed by atoms with van der Waals surface area (Å²) in [5.41, 5.74) is 6.19. The average Bonchev–Trinajstić information content (AvgIpc) is 3.35. The van der Waals surface area contributed by atoms with Crippen molar-refractivity contribution in [2.45, 2.75) is 31.3 Å². The van der Waals surface area contributed by atoms with Gasteiger partial charge in [-0.3, -0.25) is 9.48 Å². The summed E-state index contributed by atoms with van der Waals surface area (Å²) in [5, 5.41) is 24.4. The smallest absolute Gasteiger partial charge is 0.307 e. The Kier molecular flexibility index (Phi) is 7.18. The Hall–Kier alpha value is -4.17. The van der Waals surface area contributed by atoms with Crippen molar-refractivity contribution in [3.8, 4) is 11.1 Å². The Balaban J connectivity index is 1.32. The monoisotopic (exact) mass is 496 g/mol. The molecule has 0 amide bonds. The van der Waals surface area contributed by atoms with Gasteiger partial charge in [-0.25, -0.2) is 4.98 Å². The second kappa shape index (κ2) is 10.8. The third-order valence-corrected chi connectivity index (χ3v) is 6.84. The number of fused-ring (bicyclic) bond motifs is 1. The third kappa shape index (κ3) is 5.81. The van der Waals surface area contributed by atoms with Gasteiger partial charge in [0.05, 0.1) is 30.4 Å². The molecule has 0 radical (unpaired) electrons. The second-order valence-corrected chi connectivity index (χ2v) is 9.67. The van der Waals surface area contributed by atoms with Crippen LogP contribution < -0.4 is 16.0 Å². The first-order chi connectivity index (χ1) is 18.0. The van der Waals surface area contributed by atoms with E-state index in [1.807, 2.05) is 49.9 Å². The fraction of sp³-hybridized carbons (Fsp3) is 0.276. The van der Waals surface area contributed by atoms with Crippen molar-refractivity contribution in [3.05, 3.63) is 95.9 Å². The highest BCUT2D eigenvalue weighted by atomic mass is 16.4. The molecule has 0 fully saturated rings. The normalized spacial score (nSPS) is 16.2. The van der Waals surface area contributed by atoms with Gasteiger partial charge in [0, 0.05) is 43.7 Å². The molecule has 0 aliphatic carbocycles. The Labute approximate surface area is 216 Å². The first-order valence-corrected chi connectivity index (χ1v) is 12.5. The summed E-state index contributed by atoms with van der Waals surface area (Å²) in [6.07, 6.45) is 5.74. The fourth-order valence-electron chi connectivity index (χ4n) is 4.85. The first-order valence-electron chi connectivity index (χ1n) is 12.5. The zero-order chi connectivity index (χ0) is 25.8. The van der Waals surface area contributed by atoms with Crippen LogP contribution in [0.25, 0.3) is 11.1 Å². The number of carboxylic acid groups (broad SMARTS) is 1. The molecule has 0 unspecified atom stereocenters. The van der Waals surface area contributed by atoms with Gasteiger partial charge in [-0.05, 0) is 28.7 Å². The predicted molar refractivity (Wildman–Crippen MR) is 146 cm³/mol. The molecule has 2 aromatic heterocycles. The van der Waals surface area contributed by atoms with Crippen LogP contribution in [0.4, 0.5) is 11.5 Å². The summed E-state index contributed by atoms with van der Waals surface area (Å²) in [7, 11) is 1.91. The largest absolute Gasteiger partial charge is 0.481 e. The number of hydrogen-bond donors (Lipinski definition) is 4. The molecule has 0 saturated heterocycles. The molecule has 5 rings (SSSR count). The highest BCUT2D eigenvalue weighted by Crippen LogP contribution is 2.32. The molecule has 3 atom stereocenters. The van der Waals surface area contributed by atoms with Crippen molar-refractivity contribution in [1.82, 2.24) is 20.1 Å². The van der Waals surface area contributed by atoms with Crippen LogP contribution in [-0.4, -0.2) is 45.0 Å². The van der Waals surface area contributed by atoms with Gasteiger partial charge in [0.2, 0.25) is 0 Å². The van der Waals surface area contributed by atoms with Crippen molar-refractivity contribution in [1.29, 1.82) is 0 Å². The van der Waals surface area contributed by atoms with Crippen molar-refractivity contribution in [2.24, 2.45) is 7.05 Å². The number of nitrogens with zero attached hydrogens (tertiary/aromatic N) is 3. The van der Waals surface area contributed by atoms with Crippen molar-refractivity contribution in [2.75, 3.05) is 23.7 Å². The number of nitrogens with one attached hydrogen (secondary N) is 3. The Morgan fingerprint density at radius 2 is 1.92 bits per heavy atom. The van der Waals surface area contributed by atoms with E-state index in [4.69, 9.17) is 10.1 Å². The molecule has 8 heteroatoms. The number of aliphatic carboxylic acids is 1. The van der Waals surface area contributed by atoms with Crippen LogP contribution in [0.1, 0.15) is 35.6 Å². The minimum Gasteiger partial charge on any atom is -0.481 e. The molecule has 0 spiro atoms. The molecule has 190 valence electrons. The number of carbonyl (C=O) groups is 1. The topological polar surface area (TPSA) is 104 Å². The molecule has 3 heterocycles. The van der Waals surface area contributed by atoms with Crippen molar-refractivity contribution >= 4 is 17.5 Å². The van der Waals surface area contributed by atoms with Gasteiger partial charge in [0.1, 0.15) is 5.82 Å². The third-order valence-electron chi connectivity index (χ3n) is 6.84. The van der Waals surface area contributed by atoms with Crippen LogP contribution in [0.3, 0.4) is 0 Å². The standard InChI is InChI=1S/C29H32N6O2/c1-19(22-10-6-7-20(11-22)12-27(36)37)14-31-28(21-8-4-3-5-9-21)26-17-30-25-13-23(15-32-29(25)34-26)24-16-33-35(2)18-24/h3-11,13,15-16,18-19,26,28,30-31H,12,14,17H2,1-2H3,(H,32,34)(H,36,37)/t19-,26-,28-/m1/s1. The van der Waals surface area contributed by atoms with Crippen molar-refractivity contribution in [3.63, 3.8) is 0 Å². The van der Waals surface area contributed by atoms with E-state index >= 15 is 0 Å². The number of anilines is 2. The van der Waals surface area contributed by atoms with E-state index in [2.05, 4.69) is 64.4 Å². The van der Waals surface area contributed by atoms with Gasteiger partial charge in [0.15, 0.2) is 0 Å². The summed E-state index contributed by atoms with van der Waals surface area (Å²) in [5.74, 6) is 0.231. The molecule has 1 aliphatic rings. The van der Waals surface area contributed by atoms with Gasteiger partial charge in [-0.2, -0.15) is 5.10 Å². The van der Waals surface area contributed by atoms with E-state index in [-0.39, 0.29) is 24.4 Å². The Bertz CT molecular complexity index is 1370. The quantitative estimate of drug-likeness (QED) is 0.271. The van der Waals surface area contributed by atoms with Gasteiger partial charge < -0.3 is 21.1 Å². The van der Waals surface area contributed by atoms with E-state index in [1.54, 1.807) is 4.68 Å². The van der Waals surface area contributed by atoms with E-state index in [9.17, 15) is 4.79 Å². The summed E-state index contributed by atoms with van der Waals surface area (Å²) >= 11 is 0. The van der Waals surface area contributed by atoms with Gasteiger partial charge in [-0.15, -0.1) is 0 Å². The number of aromatic nitrogens is 3. The SMILES string of the molecule is C[C@H](CN[C@H](c1ccccc1)[C@H]1CNc2cc(-c3cnn(C)c3)cnc2N1)c1cccc(CC(=O)O)c1. The highest BCUT2D eigenvalue weighted by Gasteiger charge is 2.28. The van der Waals surface area contributed by atoms with Gasteiger partial charge in [-0.1, -0.05) is 61.5 Å². The lowest BCUT2D eigenvalue weighted by Crippen LogP contribution is -2.45. The van der Waals surface area contributed by atoms with Gasteiger partial charge in [0.25, 0.3) is 0 Å². The van der Waals surface area contributed by atoms with Gasteiger partial charge >= 0.3 is 5.97 Å². The fourth-order valence-corrected chi connectivity index (χ4v) is 4.85. The van der Waals surface area contributed by atoms with E-state index in [0.717, 1.165) is 46.8 Å². The number of pyridine rings is 1. The van der Waals surface area contributed by atoms with E-state index in [1.165, 1.54) is 5.56 Å². The van der Waals surface area contributed by atoms with Crippen LogP contribution in [0, 0.1) is 0 Å². The molecule has 0 saturated carbocycles. The van der Waals surface area contributed by atoms with Crippen molar-refractivity contribution < 1.29 is 9.90 Å². The Morgan fingerprint density at radius 3 is 2.68 bits per heavy atom. The van der Waals surface area contributed by atoms with Crippen LogP contribution >= 0.6 is 0 Å². The molecule has 37 heavy (non-hydrogen) atoms. The number of benzene rings is 2. The molecular formula is C29H32N6O2. The zero-order valence-electron chi connectivity index (χ0n) is 21.1. The minimum atomic E-state index is -0.815. The highest BCUT2D eigenvalue weighted by molar-refractivity contribution is 5.75. The number of aryl methyl sites for hydroxylation is 1. The molecule has 4 N–H and O–H groups in total. The maximum atomic E-state index is 11.1. The van der Waals surface area contributed by atoms with Crippen LogP contribution in [-0.2, 0) is 18.3 Å². The van der Waals surface area contributed by atoms with Crippen LogP contribution in [0.2, 0.25) is 0 Å². The first kappa shape index (κ1) is 24.5. The average molecular weight is 497 g/mol. The molecule has 1 aliphatic heterocycles. The predicted octanol–water partition coefficient (Wildman–Crippen LogP) is 4.45. The lowest BCUT2D eigenvalue weighted by molar-refractivity contribution is -0.136. The number of rotatable bonds is 9. The lowest BCUT2D eigenvalue weighted by atomic mass is 9.94. The van der Waals surface area contributed by atoms with Crippen LogP contribution in [0.15, 0.2) is 79.3 Å². The van der Waals surface area contributed by atoms with E-state index in [0.29, 0.717) is 0 Å². The summed E-state index contributed by atoms with van der Waals surface area (Å²) in [4.78, 5) is 15.9. The maximum absolute atomic E-state index is 11.1. The molecule has 4 aromatic rings. The summed E-state index contributed by atoms with van der Waals surface area (Å²) in [6.45, 7) is 3.65. The molecular weight excluding hydrogens is 464 g/mol. The molecule has 0 bridgehead atoms. The Morgan fingerprint density at radius 1 is 1.11 bits per heavy atom. The molecule has 2 aromatic carbocycles. The van der Waals surface area contributed by atoms with Crippen LogP contribution in [0.5, 0.6) is 0 Å². The summed E-state index contributed by atoms with van der Waals surface area (Å²) < 4.78 is 1.79. The number of carboxylic acids is 1. The second-order valence-electron chi connectivity index (χ2n) is 9.67. The number of hydrogen-bond acceptors (Lipinski definition) is 6. The zero-order valence-corrected chi connectivity index (χ0v) is 21.1.